The Hall–Kier alpha value is -2.21. The van der Waals surface area contributed by atoms with Crippen LogP contribution in [-0.2, 0) is 4.79 Å². The van der Waals surface area contributed by atoms with E-state index in [0.717, 1.165) is 24.2 Å². The molecule has 0 aliphatic heterocycles. The monoisotopic (exact) mass is 283 g/mol. The molecule has 21 heavy (non-hydrogen) atoms. The van der Waals surface area contributed by atoms with Gasteiger partial charge in [0.25, 0.3) is 0 Å². The quantitative estimate of drug-likeness (QED) is 0.886. The third-order valence-electron chi connectivity index (χ3n) is 4.60. The Morgan fingerprint density at radius 2 is 2.10 bits per heavy atom. The number of fused-ring (bicyclic) bond motifs is 1. The average Bonchev–Trinajstić information content (AvgIpc) is 3.05. The second-order valence-electron chi connectivity index (χ2n) is 5.94. The number of amides is 1. The molecule has 0 unspecified atom stereocenters. The van der Waals surface area contributed by atoms with Gasteiger partial charge in [0, 0.05) is 24.4 Å². The number of hydrogen-bond donors (Lipinski definition) is 2. The molecular formula is C15H17N5O. The Morgan fingerprint density at radius 3 is 2.76 bits per heavy atom. The van der Waals surface area contributed by atoms with Crippen molar-refractivity contribution in [1.29, 1.82) is 0 Å². The average molecular weight is 283 g/mol. The van der Waals surface area contributed by atoms with E-state index in [-0.39, 0.29) is 17.9 Å². The van der Waals surface area contributed by atoms with Crippen molar-refractivity contribution >= 4 is 11.6 Å². The van der Waals surface area contributed by atoms with Gasteiger partial charge in [-0.1, -0.05) is 0 Å². The summed E-state index contributed by atoms with van der Waals surface area (Å²) in [5.41, 5.74) is 7.65. The molecule has 0 aromatic carbocycles. The van der Waals surface area contributed by atoms with Gasteiger partial charge in [0.2, 0.25) is 5.91 Å². The van der Waals surface area contributed by atoms with Crippen molar-refractivity contribution in [2.75, 3.05) is 5.32 Å². The normalized spacial score (nSPS) is 30.0. The highest BCUT2D eigenvalue weighted by atomic mass is 16.1. The zero-order valence-corrected chi connectivity index (χ0v) is 11.5. The Kier molecular flexibility index (Phi) is 2.78. The van der Waals surface area contributed by atoms with Crippen LogP contribution in [0, 0.1) is 17.8 Å². The molecular weight excluding hydrogens is 266 g/mol. The molecule has 108 valence electrons. The Labute approximate surface area is 122 Å². The van der Waals surface area contributed by atoms with E-state index in [9.17, 15) is 4.79 Å². The number of anilines is 1. The summed E-state index contributed by atoms with van der Waals surface area (Å²) < 4.78 is 1.72. The maximum atomic E-state index is 12.3. The number of hydrogen-bond acceptors (Lipinski definition) is 4. The predicted octanol–water partition coefficient (Wildman–Crippen LogP) is 1.19. The van der Waals surface area contributed by atoms with Gasteiger partial charge >= 0.3 is 0 Å². The molecule has 6 nitrogen and oxygen atoms in total. The summed E-state index contributed by atoms with van der Waals surface area (Å²) in [6, 6.07) is 3.93. The Morgan fingerprint density at radius 1 is 1.29 bits per heavy atom. The first kappa shape index (κ1) is 12.5. The zero-order valence-electron chi connectivity index (χ0n) is 11.5. The molecule has 1 amide bonds. The molecule has 0 saturated heterocycles. The first-order valence-electron chi connectivity index (χ1n) is 7.24. The predicted molar refractivity (Wildman–Crippen MR) is 77.7 cm³/mol. The summed E-state index contributed by atoms with van der Waals surface area (Å²) >= 11 is 0. The van der Waals surface area contributed by atoms with Gasteiger partial charge in [0.1, 0.15) is 0 Å². The van der Waals surface area contributed by atoms with Crippen molar-refractivity contribution in [2.45, 2.75) is 18.9 Å². The maximum absolute atomic E-state index is 12.3. The lowest BCUT2D eigenvalue weighted by molar-refractivity contribution is -0.120. The lowest BCUT2D eigenvalue weighted by Gasteiger charge is -2.12. The van der Waals surface area contributed by atoms with Gasteiger partial charge in [0.15, 0.2) is 0 Å². The fourth-order valence-corrected chi connectivity index (χ4v) is 3.40. The summed E-state index contributed by atoms with van der Waals surface area (Å²) in [6.45, 7) is 0. The maximum Gasteiger partial charge on any atom is 0.227 e. The Bertz CT molecular complexity index is 668. The number of pyridine rings is 1. The largest absolute Gasteiger partial charge is 0.327 e. The van der Waals surface area contributed by atoms with E-state index in [1.165, 1.54) is 0 Å². The van der Waals surface area contributed by atoms with Gasteiger partial charge in [-0.3, -0.25) is 9.78 Å². The van der Waals surface area contributed by atoms with Crippen LogP contribution in [0.4, 0.5) is 5.69 Å². The molecule has 2 saturated carbocycles. The van der Waals surface area contributed by atoms with Gasteiger partial charge in [-0.25, -0.2) is 4.68 Å². The fraction of sp³-hybridized carbons (Fsp3) is 0.400. The van der Waals surface area contributed by atoms with Crippen LogP contribution in [-0.4, -0.2) is 26.7 Å². The minimum Gasteiger partial charge on any atom is -0.327 e. The minimum absolute atomic E-state index is 0.0641. The summed E-state index contributed by atoms with van der Waals surface area (Å²) in [6.07, 6.45) is 8.81. The summed E-state index contributed by atoms with van der Waals surface area (Å²) in [5.74, 6) is 1.20. The molecule has 2 aliphatic carbocycles. The first-order valence-corrected chi connectivity index (χ1v) is 7.24. The number of nitrogens with zero attached hydrogens (tertiary/aromatic N) is 3. The van der Waals surface area contributed by atoms with Crippen LogP contribution in [0.3, 0.4) is 0 Å². The number of aromatic nitrogens is 3. The van der Waals surface area contributed by atoms with E-state index in [4.69, 9.17) is 5.73 Å². The van der Waals surface area contributed by atoms with Crippen LogP contribution in [0.2, 0.25) is 0 Å². The second-order valence-corrected chi connectivity index (χ2v) is 5.94. The van der Waals surface area contributed by atoms with Gasteiger partial charge < -0.3 is 11.1 Å². The van der Waals surface area contributed by atoms with Crippen molar-refractivity contribution in [1.82, 2.24) is 14.8 Å². The van der Waals surface area contributed by atoms with E-state index in [1.54, 1.807) is 23.3 Å². The fourth-order valence-electron chi connectivity index (χ4n) is 3.40. The molecule has 2 heterocycles. The number of nitrogens with two attached hydrogens (primary N) is 1. The summed E-state index contributed by atoms with van der Waals surface area (Å²) in [4.78, 5) is 16.3. The van der Waals surface area contributed by atoms with Gasteiger partial charge in [-0.05, 0) is 36.8 Å². The highest BCUT2D eigenvalue weighted by molar-refractivity contribution is 5.93. The molecule has 6 heteroatoms. The molecule has 2 aromatic heterocycles. The zero-order chi connectivity index (χ0) is 14.4. The topological polar surface area (TPSA) is 85.8 Å². The Balaban J connectivity index is 1.46. The van der Waals surface area contributed by atoms with Crippen molar-refractivity contribution in [2.24, 2.45) is 23.5 Å². The second kappa shape index (κ2) is 4.66. The van der Waals surface area contributed by atoms with E-state index >= 15 is 0 Å². The van der Waals surface area contributed by atoms with Gasteiger partial charge in [0.05, 0.1) is 23.8 Å². The molecule has 4 atom stereocenters. The highest BCUT2D eigenvalue weighted by Gasteiger charge is 2.55. The molecule has 3 N–H and O–H groups in total. The lowest BCUT2D eigenvalue weighted by Crippen LogP contribution is -2.26. The van der Waals surface area contributed by atoms with E-state index in [0.29, 0.717) is 11.8 Å². The smallest absolute Gasteiger partial charge is 0.227 e. The first-order chi connectivity index (χ1) is 10.2. The number of carbonyl (C=O) groups excluding carboxylic acids is 1. The van der Waals surface area contributed by atoms with Crippen molar-refractivity contribution in [3.8, 4) is 5.69 Å². The van der Waals surface area contributed by atoms with Crippen LogP contribution in [0.5, 0.6) is 0 Å². The van der Waals surface area contributed by atoms with Gasteiger partial charge in [-0.15, -0.1) is 0 Å². The number of nitrogens with one attached hydrogen (secondary N) is 1. The molecule has 2 aromatic rings. The van der Waals surface area contributed by atoms with Crippen molar-refractivity contribution in [3.63, 3.8) is 0 Å². The lowest BCUT2D eigenvalue weighted by atomic mass is 10.0. The summed E-state index contributed by atoms with van der Waals surface area (Å²) in [5, 5.41) is 7.22. The standard InChI is InChI=1S/C15H17N5O/c16-14-6-13(11-5-12(11)14)15(21)19-9-7-18-20(8-9)10-1-3-17-4-2-10/h1-4,7-8,11-14H,5-6,16H2,(H,19,21)/t11-,12+,13-,14+/m0/s1. The van der Waals surface area contributed by atoms with Gasteiger partial charge in [-0.2, -0.15) is 5.10 Å². The molecule has 4 rings (SSSR count). The SMILES string of the molecule is N[C@@H]1C[C@H](C(=O)Nc2cnn(-c3ccncc3)c2)[C@H]2C[C@H]21. The van der Waals surface area contributed by atoms with Crippen LogP contribution in [0.1, 0.15) is 12.8 Å². The van der Waals surface area contributed by atoms with E-state index in [2.05, 4.69) is 15.4 Å². The third-order valence-corrected chi connectivity index (χ3v) is 4.60. The minimum atomic E-state index is 0.0641. The van der Waals surface area contributed by atoms with Crippen LogP contribution in [0.25, 0.3) is 5.69 Å². The van der Waals surface area contributed by atoms with E-state index in [1.807, 2.05) is 18.3 Å². The highest BCUT2D eigenvalue weighted by Crippen LogP contribution is 2.54. The molecule has 0 bridgehead atoms. The van der Waals surface area contributed by atoms with Crippen LogP contribution < -0.4 is 11.1 Å². The van der Waals surface area contributed by atoms with E-state index < -0.39 is 0 Å². The summed E-state index contributed by atoms with van der Waals surface area (Å²) in [7, 11) is 0. The van der Waals surface area contributed by atoms with Crippen molar-refractivity contribution in [3.05, 3.63) is 36.9 Å². The molecule has 0 spiro atoms. The molecule has 2 fully saturated rings. The van der Waals surface area contributed by atoms with Crippen LogP contribution >= 0.6 is 0 Å². The molecule has 2 aliphatic rings. The van der Waals surface area contributed by atoms with Crippen LogP contribution in [0.15, 0.2) is 36.9 Å². The number of rotatable bonds is 3. The molecule has 0 radical (unpaired) electrons. The number of carbonyl (C=O) groups is 1. The van der Waals surface area contributed by atoms with Crippen molar-refractivity contribution < 1.29 is 4.79 Å². The third kappa shape index (κ3) is 2.21.